The van der Waals surface area contributed by atoms with Crippen LogP contribution in [-0.2, 0) is 19.3 Å². The van der Waals surface area contributed by atoms with Crippen LogP contribution in [0.2, 0.25) is 0 Å². The quantitative estimate of drug-likeness (QED) is 0.595. The standard InChI is InChI=1S/C26H33N5OS2/c1-33-25-21-8-3-2-7-20(21)23(34-25)24(32)30-11-9-18-17-27-26(28-22(18)10-12-30)31-15-13-29(14-16-31)19-5-4-6-19/h3,8,17,19H,2,4-7,9-16H2,1H3. The molecule has 2 aromatic heterocycles. The average Bonchev–Trinajstić information content (AvgIpc) is 3.09. The first kappa shape index (κ1) is 22.6. The molecule has 1 amide bonds. The number of carbonyl (C=O) groups excluding carboxylic acids is 1. The van der Waals surface area contributed by atoms with Crippen LogP contribution in [0.15, 0.2) is 16.5 Å². The Morgan fingerprint density at radius 3 is 2.68 bits per heavy atom. The number of amides is 1. The highest BCUT2D eigenvalue weighted by molar-refractivity contribution is 8.00. The van der Waals surface area contributed by atoms with Gasteiger partial charge in [0.15, 0.2) is 0 Å². The van der Waals surface area contributed by atoms with Gasteiger partial charge >= 0.3 is 0 Å². The smallest absolute Gasteiger partial charge is 0.264 e. The van der Waals surface area contributed by atoms with E-state index in [1.165, 1.54) is 40.2 Å². The predicted molar refractivity (Wildman–Crippen MR) is 140 cm³/mol. The summed E-state index contributed by atoms with van der Waals surface area (Å²) in [5, 5.41) is 0. The number of aromatic nitrogens is 2. The fourth-order valence-corrected chi connectivity index (χ4v) is 7.66. The molecule has 8 heteroatoms. The van der Waals surface area contributed by atoms with Crippen LogP contribution < -0.4 is 4.90 Å². The van der Waals surface area contributed by atoms with Crippen molar-refractivity contribution >= 4 is 41.0 Å². The number of nitrogens with zero attached hydrogens (tertiary/aromatic N) is 5. The van der Waals surface area contributed by atoms with Gasteiger partial charge < -0.3 is 9.80 Å². The summed E-state index contributed by atoms with van der Waals surface area (Å²) in [6.07, 6.45) is 16.3. The summed E-state index contributed by atoms with van der Waals surface area (Å²) in [4.78, 5) is 31.3. The zero-order chi connectivity index (χ0) is 23.1. The lowest BCUT2D eigenvalue weighted by Crippen LogP contribution is -2.52. The van der Waals surface area contributed by atoms with E-state index in [1.807, 2.05) is 11.1 Å². The Balaban J connectivity index is 1.14. The van der Waals surface area contributed by atoms with Crippen molar-refractivity contribution in [1.82, 2.24) is 19.8 Å². The highest BCUT2D eigenvalue weighted by Gasteiger charge is 2.30. The summed E-state index contributed by atoms with van der Waals surface area (Å²) in [5.74, 6) is 1.07. The van der Waals surface area contributed by atoms with E-state index in [1.54, 1.807) is 23.1 Å². The molecule has 2 aromatic rings. The topological polar surface area (TPSA) is 52.6 Å². The summed E-state index contributed by atoms with van der Waals surface area (Å²) < 4.78 is 1.26. The van der Waals surface area contributed by atoms with Gasteiger partial charge in [0.25, 0.3) is 5.91 Å². The molecule has 0 atom stereocenters. The lowest BCUT2D eigenvalue weighted by atomic mass is 9.91. The highest BCUT2D eigenvalue weighted by atomic mass is 32.2. The lowest BCUT2D eigenvalue weighted by Gasteiger charge is -2.43. The third-order valence-electron chi connectivity index (χ3n) is 7.93. The maximum absolute atomic E-state index is 13.6. The molecule has 2 fully saturated rings. The summed E-state index contributed by atoms with van der Waals surface area (Å²) in [6, 6.07) is 0.815. The fraction of sp³-hybridized carbons (Fsp3) is 0.577. The Hall–Kier alpha value is -1.90. The molecule has 1 saturated heterocycles. The first-order valence-electron chi connectivity index (χ1n) is 12.7. The SMILES string of the molecule is CSc1sc(C(=O)N2CCc3cnc(N4CCN(C5CCC5)CC4)nc3CC2)c2c1C=CCC2. The molecule has 4 aliphatic rings. The molecule has 2 aliphatic carbocycles. The van der Waals surface area contributed by atoms with E-state index in [2.05, 4.69) is 28.2 Å². The van der Waals surface area contributed by atoms with Crippen molar-refractivity contribution in [1.29, 1.82) is 0 Å². The second kappa shape index (κ2) is 9.63. The molecular formula is C26H33N5OS2. The van der Waals surface area contributed by atoms with Gasteiger partial charge in [0.1, 0.15) is 0 Å². The van der Waals surface area contributed by atoms with Crippen molar-refractivity contribution in [3.05, 3.63) is 39.5 Å². The van der Waals surface area contributed by atoms with Crippen molar-refractivity contribution < 1.29 is 4.79 Å². The Morgan fingerprint density at radius 1 is 1.09 bits per heavy atom. The maximum Gasteiger partial charge on any atom is 0.264 e. The largest absolute Gasteiger partial charge is 0.338 e. The summed E-state index contributed by atoms with van der Waals surface area (Å²) in [5.41, 5.74) is 4.86. The van der Waals surface area contributed by atoms with Crippen LogP contribution >= 0.6 is 23.1 Å². The third-order valence-corrected chi connectivity index (χ3v) is 10.3. The Labute approximate surface area is 210 Å². The van der Waals surface area contributed by atoms with Gasteiger partial charge in [-0.15, -0.1) is 23.1 Å². The van der Waals surface area contributed by atoms with Gasteiger partial charge in [0.2, 0.25) is 5.95 Å². The molecule has 6 rings (SSSR count). The second-order valence-corrected chi connectivity index (χ2v) is 11.9. The number of fused-ring (bicyclic) bond motifs is 2. The number of hydrogen-bond donors (Lipinski definition) is 0. The molecule has 180 valence electrons. The van der Waals surface area contributed by atoms with Crippen LogP contribution in [0.5, 0.6) is 0 Å². The monoisotopic (exact) mass is 495 g/mol. The zero-order valence-electron chi connectivity index (χ0n) is 20.0. The second-order valence-electron chi connectivity index (χ2n) is 9.80. The van der Waals surface area contributed by atoms with Crippen molar-refractivity contribution in [2.45, 2.75) is 55.2 Å². The van der Waals surface area contributed by atoms with Gasteiger partial charge in [-0.25, -0.2) is 9.97 Å². The minimum absolute atomic E-state index is 0.199. The minimum Gasteiger partial charge on any atom is -0.338 e. The molecule has 2 aliphatic heterocycles. The van der Waals surface area contributed by atoms with E-state index < -0.39 is 0 Å². The zero-order valence-corrected chi connectivity index (χ0v) is 21.6. The predicted octanol–water partition coefficient (Wildman–Crippen LogP) is 4.13. The number of thioether (sulfide) groups is 1. The minimum atomic E-state index is 0.199. The lowest BCUT2D eigenvalue weighted by molar-refractivity contribution is 0.0766. The molecule has 0 N–H and O–H groups in total. The Morgan fingerprint density at radius 2 is 1.91 bits per heavy atom. The van der Waals surface area contributed by atoms with Crippen LogP contribution in [0.4, 0.5) is 5.95 Å². The summed E-state index contributed by atoms with van der Waals surface area (Å²) in [7, 11) is 0. The van der Waals surface area contributed by atoms with Crippen LogP contribution in [0.25, 0.3) is 6.08 Å². The Bertz CT molecular complexity index is 1100. The van der Waals surface area contributed by atoms with E-state index in [0.29, 0.717) is 0 Å². The number of carbonyl (C=O) groups is 1. The molecule has 0 radical (unpaired) electrons. The number of piperazine rings is 1. The number of allylic oxidation sites excluding steroid dienone is 1. The first-order valence-corrected chi connectivity index (χ1v) is 14.7. The molecule has 0 bridgehead atoms. The first-order chi connectivity index (χ1) is 16.7. The molecule has 34 heavy (non-hydrogen) atoms. The fourth-order valence-electron chi connectivity index (χ4n) is 5.63. The molecule has 0 spiro atoms. The van der Waals surface area contributed by atoms with E-state index in [-0.39, 0.29) is 5.91 Å². The molecule has 1 saturated carbocycles. The molecule has 4 heterocycles. The van der Waals surface area contributed by atoms with Crippen LogP contribution in [0.3, 0.4) is 0 Å². The molecular weight excluding hydrogens is 462 g/mol. The number of thiophene rings is 1. The number of anilines is 1. The van der Waals surface area contributed by atoms with Crippen molar-refractivity contribution in [3.63, 3.8) is 0 Å². The molecule has 0 unspecified atom stereocenters. The number of rotatable bonds is 4. The van der Waals surface area contributed by atoms with E-state index >= 15 is 0 Å². The van der Waals surface area contributed by atoms with E-state index in [9.17, 15) is 4.79 Å². The third kappa shape index (κ3) is 4.18. The van der Waals surface area contributed by atoms with Gasteiger partial charge in [-0.3, -0.25) is 9.69 Å². The van der Waals surface area contributed by atoms with Crippen LogP contribution in [0, 0.1) is 0 Å². The van der Waals surface area contributed by atoms with E-state index in [0.717, 1.165) is 87.5 Å². The van der Waals surface area contributed by atoms with Crippen LogP contribution in [0.1, 0.15) is 57.7 Å². The van der Waals surface area contributed by atoms with Gasteiger partial charge in [-0.1, -0.05) is 18.6 Å². The van der Waals surface area contributed by atoms with Crippen molar-refractivity contribution in [2.75, 3.05) is 50.4 Å². The summed E-state index contributed by atoms with van der Waals surface area (Å²) in [6.45, 7) is 5.73. The molecule has 0 aromatic carbocycles. The normalized spacial score (nSPS) is 21.1. The van der Waals surface area contributed by atoms with Gasteiger partial charge in [-0.2, -0.15) is 0 Å². The van der Waals surface area contributed by atoms with Crippen molar-refractivity contribution in [3.8, 4) is 0 Å². The Kier molecular flexibility index (Phi) is 6.39. The highest BCUT2D eigenvalue weighted by Crippen LogP contribution is 2.39. The maximum atomic E-state index is 13.6. The molecule has 6 nitrogen and oxygen atoms in total. The van der Waals surface area contributed by atoms with Gasteiger partial charge in [0.05, 0.1) is 14.8 Å². The van der Waals surface area contributed by atoms with E-state index in [4.69, 9.17) is 9.97 Å². The van der Waals surface area contributed by atoms with Gasteiger partial charge in [0, 0.05) is 63.5 Å². The number of hydrogen-bond acceptors (Lipinski definition) is 7. The average molecular weight is 496 g/mol. The van der Waals surface area contributed by atoms with Crippen LogP contribution in [-0.4, -0.2) is 77.2 Å². The summed E-state index contributed by atoms with van der Waals surface area (Å²) >= 11 is 3.43. The van der Waals surface area contributed by atoms with Gasteiger partial charge in [-0.05, 0) is 49.5 Å². The van der Waals surface area contributed by atoms with Crippen molar-refractivity contribution in [2.24, 2.45) is 0 Å².